The van der Waals surface area contributed by atoms with Gasteiger partial charge in [0.15, 0.2) is 11.4 Å². The van der Waals surface area contributed by atoms with E-state index in [1.807, 2.05) is 30.3 Å². The van der Waals surface area contributed by atoms with Crippen LogP contribution in [0, 0.1) is 0 Å². The molecule has 6 nitrogen and oxygen atoms in total. The van der Waals surface area contributed by atoms with Crippen molar-refractivity contribution in [2.45, 2.75) is 50.9 Å². The molecule has 27 heavy (non-hydrogen) atoms. The van der Waals surface area contributed by atoms with E-state index in [0.717, 1.165) is 5.56 Å². The molecular formula is C21H25NO5. The summed E-state index contributed by atoms with van der Waals surface area (Å²) in [6.45, 7) is 6.44. The van der Waals surface area contributed by atoms with Crippen LogP contribution in [0.3, 0.4) is 0 Å². The molecule has 0 saturated heterocycles. The Morgan fingerprint density at radius 3 is 2.67 bits per heavy atom. The van der Waals surface area contributed by atoms with Gasteiger partial charge in [-0.3, -0.25) is 0 Å². The quantitative estimate of drug-likeness (QED) is 0.773. The molecule has 0 bridgehead atoms. The van der Waals surface area contributed by atoms with E-state index in [1.54, 1.807) is 6.92 Å². The van der Waals surface area contributed by atoms with Gasteiger partial charge in [-0.05, 0) is 38.2 Å². The summed E-state index contributed by atoms with van der Waals surface area (Å²) in [6.07, 6.45) is 3.40. The summed E-state index contributed by atoms with van der Waals surface area (Å²) in [4.78, 5) is 24.2. The molecule has 144 valence electrons. The highest BCUT2D eigenvalue weighted by molar-refractivity contribution is 5.96. The minimum absolute atomic E-state index is 0.0769. The fourth-order valence-electron chi connectivity index (χ4n) is 3.56. The molecule has 1 aliphatic carbocycles. The van der Waals surface area contributed by atoms with Crippen LogP contribution in [-0.2, 0) is 25.6 Å². The Kier molecular flexibility index (Phi) is 5.96. The molecule has 6 heteroatoms. The number of hydrogen-bond donors (Lipinski definition) is 1. The molecule has 1 aromatic rings. The van der Waals surface area contributed by atoms with Crippen LogP contribution in [0.1, 0.15) is 38.2 Å². The Hall–Kier alpha value is -2.60. The Morgan fingerprint density at radius 1 is 1.33 bits per heavy atom. The van der Waals surface area contributed by atoms with Crippen molar-refractivity contribution in [1.82, 2.24) is 5.32 Å². The number of carbonyl (C=O) groups is 2. The first kappa shape index (κ1) is 19.2. The highest BCUT2D eigenvalue weighted by Crippen LogP contribution is 2.45. The molecule has 3 rings (SSSR count). The second kappa shape index (κ2) is 8.39. The van der Waals surface area contributed by atoms with E-state index >= 15 is 0 Å². The van der Waals surface area contributed by atoms with E-state index in [9.17, 15) is 9.59 Å². The van der Waals surface area contributed by atoms with Crippen molar-refractivity contribution < 1.29 is 23.8 Å². The molecule has 0 unspecified atom stereocenters. The molecule has 0 radical (unpaired) electrons. The zero-order valence-corrected chi connectivity index (χ0v) is 15.5. The summed E-state index contributed by atoms with van der Waals surface area (Å²) < 4.78 is 17.1. The fraction of sp³-hybridized carbons (Fsp3) is 0.429. The molecular weight excluding hydrogens is 346 g/mol. The SMILES string of the molecule is C=CC1=C(OC(=O)NCC)C2(CCC(OCc3ccccc3)CC2)OC1=O. The number of amides is 1. The zero-order valence-electron chi connectivity index (χ0n) is 15.5. The van der Waals surface area contributed by atoms with Crippen LogP contribution in [0.25, 0.3) is 0 Å². The lowest BCUT2D eigenvalue weighted by atomic mass is 9.81. The summed E-state index contributed by atoms with van der Waals surface area (Å²) >= 11 is 0. The molecule has 1 spiro atoms. The zero-order chi connectivity index (χ0) is 19.3. The predicted molar refractivity (Wildman–Crippen MR) is 99.7 cm³/mol. The number of alkyl carbamates (subject to hydrolysis) is 1. The van der Waals surface area contributed by atoms with Gasteiger partial charge in [0.25, 0.3) is 0 Å². The van der Waals surface area contributed by atoms with Crippen molar-refractivity contribution in [2.75, 3.05) is 6.54 Å². The van der Waals surface area contributed by atoms with Gasteiger partial charge >= 0.3 is 12.1 Å². The summed E-state index contributed by atoms with van der Waals surface area (Å²) in [5.74, 6) is -0.220. The van der Waals surface area contributed by atoms with Gasteiger partial charge in [-0.25, -0.2) is 9.59 Å². The number of benzene rings is 1. The first-order chi connectivity index (χ1) is 13.1. The third-order valence-electron chi connectivity index (χ3n) is 4.96. The van der Waals surface area contributed by atoms with Crippen molar-refractivity contribution in [2.24, 2.45) is 0 Å². The van der Waals surface area contributed by atoms with E-state index in [4.69, 9.17) is 14.2 Å². The van der Waals surface area contributed by atoms with Gasteiger partial charge in [0, 0.05) is 6.54 Å². The Morgan fingerprint density at radius 2 is 2.04 bits per heavy atom. The number of esters is 1. The first-order valence-electron chi connectivity index (χ1n) is 9.29. The summed E-state index contributed by atoms with van der Waals surface area (Å²) in [6, 6.07) is 10.0. The number of nitrogens with one attached hydrogen (secondary N) is 1. The molecule has 1 N–H and O–H groups in total. The molecule has 0 aromatic heterocycles. The highest BCUT2D eigenvalue weighted by Gasteiger charge is 2.51. The van der Waals surface area contributed by atoms with Crippen molar-refractivity contribution in [3.8, 4) is 0 Å². The smallest absolute Gasteiger partial charge is 0.412 e. The standard InChI is InChI=1S/C21H25NO5/c1-3-17-18(26-20(24)22-4-2)21(27-19(17)23)12-10-16(11-13-21)25-14-15-8-6-5-7-9-15/h3,5-9,16H,1,4,10-14H2,2H3,(H,22,24). The molecule has 1 saturated carbocycles. The van der Waals surface area contributed by atoms with Crippen molar-refractivity contribution in [3.63, 3.8) is 0 Å². The number of rotatable bonds is 6. The largest absolute Gasteiger partial charge is 0.447 e. The first-order valence-corrected chi connectivity index (χ1v) is 9.29. The van der Waals surface area contributed by atoms with Gasteiger partial charge in [0.05, 0.1) is 12.7 Å². The molecule has 2 aliphatic rings. The lowest BCUT2D eigenvalue weighted by molar-refractivity contribution is -0.153. The molecule has 1 aliphatic heterocycles. The van der Waals surface area contributed by atoms with Crippen LogP contribution < -0.4 is 5.32 Å². The summed E-state index contributed by atoms with van der Waals surface area (Å²) in [7, 11) is 0. The van der Waals surface area contributed by atoms with Gasteiger partial charge in [0.2, 0.25) is 0 Å². The number of carbonyl (C=O) groups excluding carboxylic acids is 2. The van der Waals surface area contributed by atoms with Crippen molar-refractivity contribution in [3.05, 3.63) is 59.9 Å². The maximum atomic E-state index is 12.2. The highest BCUT2D eigenvalue weighted by atomic mass is 16.6. The van der Waals surface area contributed by atoms with Gasteiger partial charge in [-0.1, -0.05) is 43.0 Å². The average molecular weight is 371 g/mol. The van der Waals surface area contributed by atoms with Crippen LogP contribution in [0.5, 0.6) is 0 Å². The van der Waals surface area contributed by atoms with E-state index < -0.39 is 17.7 Å². The molecule has 1 aromatic carbocycles. The maximum Gasteiger partial charge on any atom is 0.412 e. The Bertz CT molecular complexity index is 732. The summed E-state index contributed by atoms with van der Waals surface area (Å²) in [5.41, 5.74) is 0.447. The van der Waals surface area contributed by atoms with Crippen molar-refractivity contribution >= 4 is 12.1 Å². The van der Waals surface area contributed by atoms with Crippen LogP contribution in [0.2, 0.25) is 0 Å². The number of hydrogen-bond acceptors (Lipinski definition) is 5. The minimum Gasteiger partial charge on any atom is -0.447 e. The third kappa shape index (κ3) is 4.22. The van der Waals surface area contributed by atoms with Gasteiger partial charge in [-0.2, -0.15) is 0 Å². The Labute approximate surface area is 159 Å². The molecule has 1 amide bonds. The monoisotopic (exact) mass is 371 g/mol. The number of ether oxygens (including phenoxy) is 3. The van der Waals surface area contributed by atoms with Crippen LogP contribution in [-0.4, -0.2) is 30.3 Å². The predicted octanol–water partition coefficient (Wildman–Crippen LogP) is 3.63. The maximum absolute atomic E-state index is 12.2. The van der Waals surface area contributed by atoms with Crippen LogP contribution in [0.4, 0.5) is 4.79 Å². The normalized spacial score (nSPS) is 24.6. The van der Waals surface area contributed by atoms with Gasteiger partial charge in [-0.15, -0.1) is 0 Å². The molecule has 0 atom stereocenters. The van der Waals surface area contributed by atoms with Gasteiger partial charge in [0.1, 0.15) is 5.57 Å². The molecule has 1 fully saturated rings. The van der Waals surface area contributed by atoms with Crippen molar-refractivity contribution in [1.29, 1.82) is 0 Å². The minimum atomic E-state index is -0.904. The lowest BCUT2D eigenvalue weighted by Gasteiger charge is -2.36. The van der Waals surface area contributed by atoms with E-state index in [-0.39, 0.29) is 17.4 Å². The topological polar surface area (TPSA) is 73.9 Å². The summed E-state index contributed by atoms with van der Waals surface area (Å²) in [5, 5.41) is 2.58. The van der Waals surface area contributed by atoms with Gasteiger partial charge < -0.3 is 19.5 Å². The third-order valence-corrected chi connectivity index (χ3v) is 4.96. The average Bonchev–Trinajstić information content (AvgIpc) is 2.92. The second-order valence-electron chi connectivity index (χ2n) is 6.75. The van der Waals surface area contributed by atoms with E-state index in [1.165, 1.54) is 6.08 Å². The van der Waals surface area contributed by atoms with Crippen LogP contribution >= 0.6 is 0 Å². The Balaban J connectivity index is 1.65. The second-order valence-corrected chi connectivity index (χ2v) is 6.75. The fourth-order valence-corrected chi connectivity index (χ4v) is 3.56. The van der Waals surface area contributed by atoms with Crippen LogP contribution in [0.15, 0.2) is 54.3 Å². The lowest BCUT2D eigenvalue weighted by Crippen LogP contribution is -2.41. The molecule has 1 heterocycles. The van der Waals surface area contributed by atoms with E-state index in [2.05, 4.69) is 11.9 Å². The van der Waals surface area contributed by atoms with E-state index in [0.29, 0.717) is 38.8 Å².